The van der Waals surface area contributed by atoms with Crippen LogP contribution in [0.5, 0.6) is 23.0 Å². The van der Waals surface area contributed by atoms with Crippen LogP contribution in [0.4, 0.5) is 0 Å². The molecule has 0 aliphatic heterocycles. The summed E-state index contributed by atoms with van der Waals surface area (Å²) in [5.74, 6) is -0.237. The number of carbonyl (C=O) groups is 4. The van der Waals surface area contributed by atoms with Crippen LogP contribution in [0, 0.1) is 0 Å². The van der Waals surface area contributed by atoms with Crippen molar-refractivity contribution in [2.45, 2.75) is 0 Å². The van der Waals surface area contributed by atoms with E-state index in [0.29, 0.717) is 68.0 Å². The molecule has 0 amide bonds. The topological polar surface area (TPSA) is 131 Å². The Hall–Kier alpha value is -10.3. The van der Waals surface area contributed by atoms with Gasteiger partial charge >= 0.3 is 23.9 Å². The molecule has 1 aromatic heterocycles. The molecule has 9 rings (SSSR count). The first-order chi connectivity index (χ1) is 36.3. The van der Waals surface area contributed by atoms with Crippen molar-refractivity contribution in [1.82, 2.24) is 9.97 Å². The summed E-state index contributed by atoms with van der Waals surface area (Å²) in [4.78, 5) is 61.2. The Labute approximate surface area is 427 Å². The second-order valence-electron chi connectivity index (χ2n) is 16.4. The molecule has 0 unspecified atom stereocenters. The van der Waals surface area contributed by atoms with E-state index in [1.165, 1.54) is 0 Å². The molecule has 10 heteroatoms. The molecule has 0 fully saturated rings. The molecule has 0 spiro atoms. The predicted molar refractivity (Wildman–Crippen MR) is 289 cm³/mol. The third-order valence-corrected chi connectivity index (χ3v) is 11.1. The lowest BCUT2D eigenvalue weighted by atomic mass is 10.1. The number of benzene rings is 8. The van der Waals surface area contributed by atoms with E-state index in [1.807, 2.05) is 121 Å². The average molecular weight is 969 g/mol. The Morgan fingerprint density at radius 3 is 0.622 bits per heavy atom. The SMILES string of the molecule is O=C(Oc1ccc(/C=C/c2nc(/C=C/c3ccc(OC(=O)c4ccccc4)cc3)c(/C=C/c3ccc(OC(=O)c4ccccc4)cc3)nc2/C=C/c2ccc(OC(=O)c3ccccc3)cc2)cc1)c1ccccc1. The van der Waals surface area contributed by atoms with Crippen LogP contribution in [0.2, 0.25) is 0 Å². The molecule has 74 heavy (non-hydrogen) atoms. The third kappa shape index (κ3) is 13.5. The minimum Gasteiger partial charge on any atom is -0.423 e. The van der Waals surface area contributed by atoms with Crippen molar-refractivity contribution in [1.29, 1.82) is 0 Å². The molecule has 10 nitrogen and oxygen atoms in total. The van der Waals surface area contributed by atoms with E-state index in [-0.39, 0.29) is 0 Å². The molecule has 0 saturated heterocycles. The van der Waals surface area contributed by atoms with Crippen LogP contribution in [-0.4, -0.2) is 33.8 Å². The fourth-order valence-corrected chi connectivity index (χ4v) is 7.23. The first kappa shape index (κ1) is 48.7. The van der Waals surface area contributed by atoms with Gasteiger partial charge in [0.05, 0.1) is 45.0 Å². The van der Waals surface area contributed by atoms with Gasteiger partial charge in [-0.05, 0) is 144 Å². The van der Waals surface area contributed by atoms with E-state index in [4.69, 9.17) is 28.9 Å². The van der Waals surface area contributed by atoms with E-state index in [2.05, 4.69) is 0 Å². The summed E-state index contributed by atoms with van der Waals surface area (Å²) in [6.45, 7) is 0. The maximum absolute atomic E-state index is 12.7. The number of aromatic nitrogens is 2. The zero-order chi connectivity index (χ0) is 50.9. The van der Waals surface area contributed by atoms with Crippen LogP contribution in [0.1, 0.15) is 86.5 Å². The lowest BCUT2D eigenvalue weighted by molar-refractivity contribution is 0.0725. The van der Waals surface area contributed by atoms with Gasteiger partial charge in [-0.25, -0.2) is 29.1 Å². The van der Waals surface area contributed by atoms with Crippen molar-refractivity contribution in [2.24, 2.45) is 0 Å². The zero-order valence-electron chi connectivity index (χ0n) is 39.6. The van der Waals surface area contributed by atoms with E-state index >= 15 is 0 Å². The normalized spacial score (nSPS) is 11.2. The maximum Gasteiger partial charge on any atom is 0.343 e. The quantitative estimate of drug-likeness (QED) is 0.0681. The van der Waals surface area contributed by atoms with Crippen molar-refractivity contribution in [3.8, 4) is 23.0 Å². The molecule has 0 atom stereocenters. The van der Waals surface area contributed by atoms with Crippen LogP contribution in [0.15, 0.2) is 218 Å². The van der Waals surface area contributed by atoms with E-state index in [0.717, 1.165) is 22.3 Å². The summed E-state index contributed by atoms with van der Waals surface area (Å²) >= 11 is 0. The van der Waals surface area contributed by atoms with Crippen molar-refractivity contribution < 1.29 is 38.1 Å². The summed E-state index contributed by atoms with van der Waals surface area (Å²) < 4.78 is 22.4. The van der Waals surface area contributed by atoms with Crippen LogP contribution in [0.3, 0.4) is 0 Å². The standard InChI is InChI=1S/C64H44N2O8/c67-61(49-13-5-1-6-14-49)71-53-33-21-45(22-34-53)29-41-57-58(42-30-46-23-35-54(36-24-46)72-62(68)50-15-7-2-8-16-50)66-60(44-32-48-27-39-56(40-28-48)74-64(70)52-19-11-4-12-20-52)59(65-57)43-31-47-25-37-55(38-26-47)73-63(69)51-17-9-3-10-18-51/h1-44H/b41-29+,42-30+,43-31+,44-32+. The number of hydrogen-bond acceptors (Lipinski definition) is 10. The molecule has 0 saturated carbocycles. The minimum atomic E-state index is -0.457. The van der Waals surface area contributed by atoms with Gasteiger partial charge in [-0.15, -0.1) is 0 Å². The molecule has 0 radical (unpaired) electrons. The number of ether oxygens (including phenoxy) is 4. The van der Waals surface area contributed by atoms with Crippen LogP contribution < -0.4 is 18.9 Å². The second kappa shape index (κ2) is 24.0. The highest BCUT2D eigenvalue weighted by molar-refractivity contribution is 5.93. The first-order valence-electron chi connectivity index (χ1n) is 23.4. The lowest BCUT2D eigenvalue weighted by Crippen LogP contribution is -2.07. The van der Waals surface area contributed by atoms with E-state index in [1.54, 1.807) is 146 Å². The molecule has 0 aliphatic carbocycles. The van der Waals surface area contributed by atoms with Crippen LogP contribution >= 0.6 is 0 Å². The van der Waals surface area contributed by atoms with Crippen molar-refractivity contribution in [2.75, 3.05) is 0 Å². The van der Waals surface area contributed by atoms with Gasteiger partial charge in [0.15, 0.2) is 0 Å². The number of rotatable bonds is 16. The van der Waals surface area contributed by atoms with Crippen molar-refractivity contribution >= 4 is 72.5 Å². The Kier molecular flexibility index (Phi) is 15.8. The van der Waals surface area contributed by atoms with Gasteiger partial charge in [0, 0.05) is 0 Å². The molecule has 9 aromatic rings. The Morgan fingerprint density at radius 1 is 0.243 bits per heavy atom. The Morgan fingerprint density at radius 2 is 0.432 bits per heavy atom. The van der Waals surface area contributed by atoms with E-state index < -0.39 is 23.9 Å². The molecule has 0 N–H and O–H groups in total. The molecular weight excluding hydrogens is 925 g/mol. The fraction of sp³-hybridized carbons (Fsp3) is 0. The average Bonchev–Trinajstić information content (AvgIpc) is 3.45. The molecule has 8 aromatic carbocycles. The van der Waals surface area contributed by atoms with Gasteiger partial charge in [-0.3, -0.25) is 0 Å². The molecule has 1 heterocycles. The fourth-order valence-electron chi connectivity index (χ4n) is 7.23. The van der Waals surface area contributed by atoms with Gasteiger partial charge in [0.2, 0.25) is 0 Å². The summed E-state index contributed by atoms with van der Waals surface area (Å²) in [5, 5.41) is 0. The van der Waals surface area contributed by atoms with E-state index in [9.17, 15) is 19.2 Å². The lowest BCUT2D eigenvalue weighted by Gasteiger charge is -2.08. The van der Waals surface area contributed by atoms with Crippen molar-refractivity contribution in [3.05, 3.63) is 286 Å². The summed E-state index contributed by atoms with van der Waals surface area (Å²) in [6.07, 6.45) is 15.0. The highest BCUT2D eigenvalue weighted by Crippen LogP contribution is 2.24. The summed E-state index contributed by atoms with van der Waals surface area (Å²) in [5.41, 5.74) is 7.20. The number of esters is 4. The smallest absolute Gasteiger partial charge is 0.343 e. The van der Waals surface area contributed by atoms with Gasteiger partial charge < -0.3 is 18.9 Å². The molecule has 358 valence electrons. The van der Waals surface area contributed by atoms with Crippen molar-refractivity contribution in [3.63, 3.8) is 0 Å². The Bertz CT molecular complexity index is 3030. The molecule has 0 bridgehead atoms. The summed E-state index contributed by atoms with van der Waals surface area (Å²) in [7, 11) is 0. The maximum atomic E-state index is 12.7. The van der Waals surface area contributed by atoms with Gasteiger partial charge in [0.25, 0.3) is 0 Å². The second-order valence-corrected chi connectivity index (χ2v) is 16.4. The highest BCUT2D eigenvalue weighted by atomic mass is 16.5. The highest BCUT2D eigenvalue weighted by Gasteiger charge is 2.13. The molecule has 0 aliphatic rings. The predicted octanol–water partition coefficient (Wildman–Crippen LogP) is 14.0. The third-order valence-electron chi connectivity index (χ3n) is 11.1. The summed E-state index contributed by atoms with van der Waals surface area (Å²) in [6, 6.07) is 63.7. The van der Waals surface area contributed by atoms with Crippen LogP contribution in [0.25, 0.3) is 48.6 Å². The van der Waals surface area contributed by atoms with Gasteiger partial charge in [-0.1, -0.05) is 146 Å². The number of carbonyl (C=O) groups excluding carboxylic acids is 4. The Balaban J connectivity index is 1.03. The van der Waals surface area contributed by atoms with Gasteiger partial charge in [-0.2, -0.15) is 0 Å². The minimum absolute atomic E-state index is 0.397. The van der Waals surface area contributed by atoms with Gasteiger partial charge in [0.1, 0.15) is 23.0 Å². The zero-order valence-corrected chi connectivity index (χ0v) is 39.6. The number of nitrogens with zero attached hydrogens (tertiary/aromatic N) is 2. The molecular formula is C64H44N2O8. The largest absolute Gasteiger partial charge is 0.423 e. The first-order valence-corrected chi connectivity index (χ1v) is 23.4. The number of hydrogen-bond donors (Lipinski definition) is 0. The monoisotopic (exact) mass is 968 g/mol. The van der Waals surface area contributed by atoms with Crippen LogP contribution in [-0.2, 0) is 0 Å².